The molecule has 2 aromatic carbocycles. The van der Waals surface area contributed by atoms with Crippen molar-refractivity contribution in [2.75, 3.05) is 6.54 Å². The lowest BCUT2D eigenvalue weighted by Crippen LogP contribution is -2.47. The molecule has 1 saturated heterocycles. The van der Waals surface area contributed by atoms with Gasteiger partial charge in [-0.15, -0.1) is 0 Å². The van der Waals surface area contributed by atoms with E-state index in [2.05, 4.69) is 0 Å². The molecule has 1 N–H and O–H groups in total. The predicted octanol–water partition coefficient (Wildman–Crippen LogP) is 4.44. The highest BCUT2D eigenvalue weighted by Crippen LogP contribution is 2.37. The van der Waals surface area contributed by atoms with Crippen molar-refractivity contribution in [3.8, 4) is 0 Å². The second-order valence-electron chi connectivity index (χ2n) is 7.24. The van der Waals surface area contributed by atoms with E-state index in [9.17, 15) is 14.7 Å². The Morgan fingerprint density at radius 1 is 1.11 bits per heavy atom. The van der Waals surface area contributed by atoms with Gasteiger partial charge in [-0.25, -0.2) is 9.59 Å². The van der Waals surface area contributed by atoms with Crippen LogP contribution in [0.1, 0.15) is 35.7 Å². The third-order valence-corrected chi connectivity index (χ3v) is 5.52. The zero-order valence-electron chi connectivity index (χ0n) is 15.7. The topological polar surface area (TPSA) is 71.8 Å². The number of aromatic carboxylic acids is 1. The molecular formula is C22H22N2O4. The Kier molecular flexibility index (Phi) is 4.55. The Morgan fingerprint density at radius 2 is 1.89 bits per heavy atom. The highest BCUT2D eigenvalue weighted by atomic mass is 16.6. The number of benzene rings is 2. The van der Waals surface area contributed by atoms with E-state index in [1.54, 1.807) is 23.1 Å². The number of ether oxygens (including phenoxy) is 1. The molecule has 28 heavy (non-hydrogen) atoms. The first-order valence-corrected chi connectivity index (χ1v) is 9.33. The van der Waals surface area contributed by atoms with Crippen LogP contribution >= 0.6 is 0 Å². The monoisotopic (exact) mass is 378 g/mol. The van der Waals surface area contributed by atoms with Crippen molar-refractivity contribution < 1.29 is 19.4 Å². The van der Waals surface area contributed by atoms with Gasteiger partial charge in [0.25, 0.3) is 0 Å². The summed E-state index contributed by atoms with van der Waals surface area (Å²) in [5, 5.41) is 10.1. The van der Waals surface area contributed by atoms with Crippen LogP contribution in [0.15, 0.2) is 60.8 Å². The number of carboxylic acids is 1. The van der Waals surface area contributed by atoms with E-state index < -0.39 is 11.6 Å². The molecule has 1 amide bonds. The minimum absolute atomic E-state index is 0.224. The van der Waals surface area contributed by atoms with Crippen LogP contribution in [0.4, 0.5) is 4.79 Å². The molecule has 0 bridgehead atoms. The van der Waals surface area contributed by atoms with Crippen LogP contribution in [0.25, 0.3) is 10.9 Å². The van der Waals surface area contributed by atoms with Crippen LogP contribution in [-0.4, -0.2) is 33.2 Å². The molecule has 1 aliphatic heterocycles. The molecule has 144 valence electrons. The Balaban J connectivity index is 1.63. The van der Waals surface area contributed by atoms with Crippen molar-refractivity contribution in [1.29, 1.82) is 0 Å². The number of rotatable bonds is 4. The van der Waals surface area contributed by atoms with E-state index in [1.807, 2.05) is 54.1 Å². The second kappa shape index (κ2) is 7.03. The van der Waals surface area contributed by atoms with Crippen molar-refractivity contribution in [2.24, 2.45) is 0 Å². The van der Waals surface area contributed by atoms with Gasteiger partial charge in [0, 0.05) is 18.1 Å². The van der Waals surface area contributed by atoms with Crippen LogP contribution in [0, 0.1) is 0 Å². The first-order valence-electron chi connectivity index (χ1n) is 9.33. The number of fused-ring (bicyclic) bond motifs is 1. The zero-order chi connectivity index (χ0) is 19.7. The number of carbonyl (C=O) groups is 2. The molecule has 6 nitrogen and oxygen atoms in total. The van der Waals surface area contributed by atoms with E-state index in [1.165, 1.54) is 0 Å². The number of carboxylic acid groups (broad SMARTS) is 1. The zero-order valence-corrected chi connectivity index (χ0v) is 15.7. The van der Waals surface area contributed by atoms with Gasteiger partial charge >= 0.3 is 12.1 Å². The van der Waals surface area contributed by atoms with Gasteiger partial charge in [0.1, 0.15) is 12.3 Å². The van der Waals surface area contributed by atoms with E-state index in [4.69, 9.17) is 4.74 Å². The predicted molar refractivity (Wildman–Crippen MR) is 105 cm³/mol. The maximum atomic E-state index is 12.8. The smallest absolute Gasteiger partial charge is 0.411 e. The molecule has 2 heterocycles. The fourth-order valence-corrected chi connectivity index (χ4v) is 4.06. The van der Waals surface area contributed by atoms with Crippen molar-refractivity contribution >= 4 is 23.0 Å². The Bertz CT molecular complexity index is 1030. The van der Waals surface area contributed by atoms with Gasteiger partial charge in [0.05, 0.1) is 11.1 Å². The fourth-order valence-electron chi connectivity index (χ4n) is 4.06. The number of hydrogen-bond donors (Lipinski definition) is 1. The number of nitrogens with zero attached hydrogens (tertiary/aromatic N) is 2. The largest absolute Gasteiger partial charge is 0.478 e. The summed E-state index contributed by atoms with van der Waals surface area (Å²) in [6, 6.07) is 16.6. The second-order valence-corrected chi connectivity index (χ2v) is 7.24. The van der Waals surface area contributed by atoms with Gasteiger partial charge in [-0.3, -0.25) is 4.90 Å². The minimum Gasteiger partial charge on any atom is -0.478 e. The number of amides is 1. The Labute approximate surface area is 162 Å². The van der Waals surface area contributed by atoms with Crippen molar-refractivity contribution in [3.63, 3.8) is 0 Å². The number of hydrogen-bond acceptors (Lipinski definition) is 3. The number of aromatic nitrogens is 1. The van der Waals surface area contributed by atoms with Gasteiger partial charge in [-0.05, 0) is 43.5 Å². The minimum atomic E-state index is -0.959. The summed E-state index contributed by atoms with van der Waals surface area (Å²) in [7, 11) is 0. The molecule has 0 aliphatic carbocycles. The number of carbonyl (C=O) groups excluding carboxylic acids is 1. The van der Waals surface area contributed by atoms with Crippen LogP contribution in [0.5, 0.6) is 0 Å². The first-order chi connectivity index (χ1) is 13.5. The summed E-state index contributed by atoms with van der Waals surface area (Å²) in [5.74, 6) is -0.959. The maximum Gasteiger partial charge on any atom is 0.411 e. The summed E-state index contributed by atoms with van der Waals surface area (Å²) in [6.07, 6.45) is 3.13. The van der Waals surface area contributed by atoms with Crippen molar-refractivity contribution in [2.45, 2.75) is 32.0 Å². The molecule has 4 rings (SSSR count). The lowest BCUT2D eigenvalue weighted by molar-refractivity contribution is 0.0436. The molecule has 1 unspecified atom stereocenters. The average molecular weight is 378 g/mol. The van der Waals surface area contributed by atoms with Gasteiger partial charge in [-0.2, -0.15) is 0 Å². The molecule has 0 radical (unpaired) electrons. The Morgan fingerprint density at radius 3 is 2.64 bits per heavy atom. The van der Waals surface area contributed by atoms with Gasteiger partial charge in [0.2, 0.25) is 0 Å². The normalized spacial score (nSPS) is 19.1. The molecule has 0 saturated carbocycles. The lowest BCUT2D eigenvalue weighted by atomic mass is 10.1. The molecule has 6 heteroatoms. The van der Waals surface area contributed by atoms with Crippen molar-refractivity contribution in [1.82, 2.24) is 9.47 Å². The Hall–Kier alpha value is -3.28. The van der Waals surface area contributed by atoms with Gasteiger partial charge < -0.3 is 14.4 Å². The first kappa shape index (κ1) is 18.1. The third kappa shape index (κ3) is 3.01. The summed E-state index contributed by atoms with van der Waals surface area (Å²) in [4.78, 5) is 26.1. The summed E-state index contributed by atoms with van der Waals surface area (Å²) in [6.45, 7) is 2.82. The number of likely N-dealkylation sites (tertiary alicyclic amines) is 1. The summed E-state index contributed by atoms with van der Waals surface area (Å²) >= 11 is 0. The van der Waals surface area contributed by atoms with E-state index >= 15 is 0 Å². The summed E-state index contributed by atoms with van der Waals surface area (Å²) in [5.41, 5.74) is 1.39. The quantitative estimate of drug-likeness (QED) is 0.728. The highest BCUT2D eigenvalue weighted by molar-refractivity contribution is 6.03. The van der Waals surface area contributed by atoms with Crippen LogP contribution in [0.2, 0.25) is 0 Å². The average Bonchev–Trinajstić information content (AvgIpc) is 3.31. The lowest BCUT2D eigenvalue weighted by Gasteiger charge is -2.36. The van der Waals surface area contributed by atoms with Gasteiger partial charge in [-0.1, -0.05) is 36.4 Å². The van der Waals surface area contributed by atoms with Crippen LogP contribution in [0.3, 0.4) is 0 Å². The SMILES string of the molecule is CC1(n2ccc3c(C(=O)O)cccc32)CCCN1C(=O)OCc1ccccc1. The van der Waals surface area contributed by atoms with E-state index in [0.29, 0.717) is 11.9 Å². The van der Waals surface area contributed by atoms with Gasteiger partial charge in [0.15, 0.2) is 0 Å². The molecule has 1 atom stereocenters. The fraction of sp³-hybridized carbons (Fsp3) is 0.273. The third-order valence-electron chi connectivity index (χ3n) is 5.52. The summed E-state index contributed by atoms with van der Waals surface area (Å²) < 4.78 is 7.55. The molecule has 0 spiro atoms. The molecular weight excluding hydrogens is 356 g/mol. The van der Waals surface area contributed by atoms with E-state index in [0.717, 1.165) is 23.9 Å². The van der Waals surface area contributed by atoms with Crippen LogP contribution in [-0.2, 0) is 17.0 Å². The van der Waals surface area contributed by atoms with Crippen LogP contribution < -0.4 is 0 Å². The maximum absolute atomic E-state index is 12.8. The van der Waals surface area contributed by atoms with Crippen molar-refractivity contribution in [3.05, 3.63) is 71.9 Å². The standard InChI is InChI=1S/C22H22N2O4/c1-22(23-14-11-17-18(20(25)26)9-5-10-19(17)23)12-6-13-24(22)21(27)28-15-16-7-3-2-4-8-16/h2-5,7-11,14H,6,12-13,15H2,1H3,(H,25,26). The highest BCUT2D eigenvalue weighted by Gasteiger charge is 2.42. The molecule has 1 aromatic heterocycles. The molecule has 3 aromatic rings. The molecule has 1 fully saturated rings. The van der Waals surface area contributed by atoms with E-state index in [-0.39, 0.29) is 18.3 Å². The molecule has 1 aliphatic rings.